The van der Waals surface area contributed by atoms with Gasteiger partial charge in [0.05, 0.1) is 0 Å². The van der Waals surface area contributed by atoms with Gasteiger partial charge in [-0.3, -0.25) is 4.79 Å². The SMILES string of the molecule is O=C(c1coc(C2CCNCC2)n1)N1CCc2ccccc21. The molecule has 1 fully saturated rings. The van der Waals surface area contributed by atoms with E-state index in [0.29, 0.717) is 24.0 Å². The Morgan fingerprint density at radius 3 is 2.95 bits per heavy atom. The minimum atomic E-state index is -0.0612. The van der Waals surface area contributed by atoms with Crippen LogP contribution in [0.4, 0.5) is 5.69 Å². The Hall–Kier alpha value is -2.14. The van der Waals surface area contributed by atoms with Gasteiger partial charge in [-0.15, -0.1) is 0 Å². The number of benzene rings is 1. The maximum atomic E-state index is 12.7. The number of carbonyl (C=O) groups is 1. The van der Waals surface area contributed by atoms with Crippen LogP contribution in [0.5, 0.6) is 0 Å². The molecule has 0 spiro atoms. The fourth-order valence-electron chi connectivity index (χ4n) is 3.33. The molecule has 2 aromatic rings. The fourth-order valence-corrected chi connectivity index (χ4v) is 3.33. The zero-order chi connectivity index (χ0) is 14.9. The largest absolute Gasteiger partial charge is 0.448 e. The fraction of sp³-hybridized carbons (Fsp3) is 0.412. The van der Waals surface area contributed by atoms with E-state index in [9.17, 15) is 4.79 Å². The topological polar surface area (TPSA) is 58.4 Å². The molecule has 5 nitrogen and oxygen atoms in total. The monoisotopic (exact) mass is 297 g/mol. The molecular weight excluding hydrogens is 278 g/mol. The molecule has 0 atom stereocenters. The van der Waals surface area contributed by atoms with Crippen LogP contribution in [0.3, 0.4) is 0 Å². The zero-order valence-corrected chi connectivity index (χ0v) is 12.4. The number of hydrogen-bond acceptors (Lipinski definition) is 4. The Balaban J connectivity index is 1.55. The van der Waals surface area contributed by atoms with Gasteiger partial charge < -0.3 is 14.6 Å². The van der Waals surface area contributed by atoms with Gasteiger partial charge in [-0.2, -0.15) is 0 Å². The van der Waals surface area contributed by atoms with Crippen LogP contribution in [-0.4, -0.2) is 30.5 Å². The van der Waals surface area contributed by atoms with Gasteiger partial charge in [0.2, 0.25) is 0 Å². The molecule has 2 aliphatic rings. The van der Waals surface area contributed by atoms with Crippen molar-refractivity contribution in [1.82, 2.24) is 10.3 Å². The second-order valence-corrected chi connectivity index (χ2v) is 5.93. The quantitative estimate of drug-likeness (QED) is 0.924. The number of rotatable bonds is 2. The summed E-state index contributed by atoms with van der Waals surface area (Å²) in [5, 5.41) is 3.33. The lowest BCUT2D eigenvalue weighted by Gasteiger charge is -2.19. The first-order valence-electron chi connectivity index (χ1n) is 7.89. The van der Waals surface area contributed by atoms with Gasteiger partial charge in [-0.1, -0.05) is 18.2 Å². The lowest BCUT2D eigenvalue weighted by molar-refractivity contribution is 0.0984. The van der Waals surface area contributed by atoms with Crippen LogP contribution in [0, 0.1) is 0 Å². The van der Waals surface area contributed by atoms with E-state index in [0.717, 1.165) is 38.0 Å². The predicted molar refractivity (Wildman–Crippen MR) is 83.2 cm³/mol. The van der Waals surface area contributed by atoms with E-state index in [1.54, 1.807) is 4.90 Å². The summed E-state index contributed by atoms with van der Waals surface area (Å²) in [6, 6.07) is 8.05. The molecule has 0 unspecified atom stereocenters. The van der Waals surface area contributed by atoms with Crippen molar-refractivity contribution in [3.8, 4) is 0 Å². The highest BCUT2D eigenvalue weighted by molar-refractivity contribution is 6.05. The number of nitrogens with one attached hydrogen (secondary N) is 1. The number of carbonyl (C=O) groups excluding carboxylic acids is 1. The van der Waals surface area contributed by atoms with Gasteiger partial charge in [0.15, 0.2) is 11.6 Å². The Morgan fingerprint density at radius 2 is 2.09 bits per heavy atom. The molecule has 0 radical (unpaired) electrons. The number of anilines is 1. The van der Waals surface area contributed by atoms with Crippen LogP contribution in [-0.2, 0) is 6.42 Å². The lowest BCUT2D eigenvalue weighted by atomic mass is 9.98. The van der Waals surface area contributed by atoms with Gasteiger partial charge in [0.1, 0.15) is 6.26 Å². The third kappa shape index (κ3) is 2.31. The average molecular weight is 297 g/mol. The predicted octanol–water partition coefficient (Wildman–Crippen LogP) is 2.34. The van der Waals surface area contributed by atoms with E-state index in [4.69, 9.17) is 4.42 Å². The van der Waals surface area contributed by atoms with Crippen molar-refractivity contribution in [3.05, 3.63) is 47.7 Å². The third-order valence-electron chi connectivity index (χ3n) is 4.56. The van der Waals surface area contributed by atoms with E-state index in [1.165, 1.54) is 11.8 Å². The molecule has 4 rings (SSSR count). The summed E-state index contributed by atoms with van der Waals surface area (Å²) in [5.41, 5.74) is 2.64. The number of aromatic nitrogens is 1. The number of nitrogens with zero attached hydrogens (tertiary/aromatic N) is 2. The number of amides is 1. The Kier molecular flexibility index (Phi) is 3.42. The smallest absolute Gasteiger partial charge is 0.280 e. The summed E-state index contributed by atoms with van der Waals surface area (Å²) in [4.78, 5) is 19.0. The molecule has 114 valence electrons. The molecule has 0 aliphatic carbocycles. The first-order chi connectivity index (χ1) is 10.8. The molecule has 0 bridgehead atoms. The molecule has 1 amide bonds. The number of para-hydroxylation sites is 1. The van der Waals surface area contributed by atoms with Gasteiger partial charge in [-0.05, 0) is 44.0 Å². The first kappa shape index (κ1) is 13.5. The highest BCUT2D eigenvalue weighted by atomic mass is 16.3. The zero-order valence-electron chi connectivity index (χ0n) is 12.4. The molecule has 3 heterocycles. The van der Waals surface area contributed by atoms with E-state index in [2.05, 4.69) is 16.4 Å². The molecule has 0 saturated carbocycles. The van der Waals surface area contributed by atoms with Gasteiger partial charge >= 0.3 is 0 Å². The Labute approximate surface area is 129 Å². The van der Waals surface area contributed by atoms with E-state index < -0.39 is 0 Å². The highest BCUT2D eigenvalue weighted by Gasteiger charge is 2.28. The van der Waals surface area contributed by atoms with Crippen LogP contribution in [0.2, 0.25) is 0 Å². The molecule has 1 aromatic carbocycles. The first-order valence-corrected chi connectivity index (χ1v) is 7.89. The molecule has 1 N–H and O–H groups in total. The Morgan fingerprint density at radius 1 is 1.27 bits per heavy atom. The number of oxazole rings is 1. The van der Waals surface area contributed by atoms with Gasteiger partial charge in [0.25, 0.3) is 5.91 Å². The molecule has 22 heavy (non-hydrogen) atoms. The summed E-state index contributed by atoms with van der Waals surface area (Å²) in [7, 11) is 0. The van der Waals surface area contributed by atoms with Crippen molar-refractivity contribution in [3.63, 3.8) is 0 Å². The summed E-state index contributed by atoms with van der Waals surface area (Å²) in [6.45, 7) is 2.68. The van der Waals surface area contributed by atoms with Gasteiger partial charge in [0, 0.05) is 18.2 Å². The molecule has 2 aliphatic heterocycles. The van der Waals surface area contributed by atoms with E-state index in [-0.39, 0.29) is 5.91 Å². The second kappa shape index (κ2) is 5.57. The van der Waals surface area contributed by atoms with Crippen molar-refractivity contribution in [2.24, 2.45) is 0 Å². The minimum absolute atomic E-state index is 0.0612. The summed E-state index contributed by atoms with van der Waals surface area (Å²) < 4.78 is 5.59. The van der Waals surface area contributed by atoms with Crippen LogP contribution in [0.25, 0.3) is 0 Å². The third-order valence-corrected chi connectivity index (χ3v) is 4.56. The van der Waals surface area contributed by atoms with Crippen molar-refractivity contribution in [2.75, 3.05) is 24.5 Å². The van der Waals surface area contributed by atoms with Crippen molar-refractivity contribution < 1.29 is 9.21 Å². The van der Waals surface area contributed by atoms with Crippen molar-refractivity contribution >= 4 is 11.6 Å². The maximum absolute atomic E-state index is 12.7. The van der Waals surface area contributed by atoms with Crippen LogP contribution >= 0.6 is 0 Å². The number of fused-ring (bicyclic) bond motifs is 1. The average Bonchev–Trinajstić information content (AvgIpc) is 3.22. The molecule has 1 aromatic heterocycles. The molecular formula is C17H19N3O2. The van der Waals surface area contributed by atoms with E-state index >= 15 is 0 Å². The molecule has 5 heteroatoms. The number of hydrogen-bond donors (Lipinski definition) is 1. The standard InChI is InChI=1S/C17H19N3O2/c21-17(20-10-7-12-3-1-2-4-15(12)20)14-11-22-16(19-14)13-5-8-18-9-6-13/h1-4,11,13,18H,5-10H2. The second-order valence-electron chi connectivity index (χ2n) is 5.93. The summed E-state index contributed by atoms with van der Waals surface area (Å²) in [6.07, 6.45) is 4.45. The van der Waals surface area contributed by atoms with Crippen LogP contribution in [0.15, 0.2) is 34.9 Å². The lowest BCUT2D eigenvalue weighted by Crippen LogP contribution is -2.29. The van der Waals surface area contributed by atoms with Crippen LogP contribution in [0.1, 0.15) is 40.7 Å². The van der Waals surface area contributed by atoms with Gasteiger partial charge in [-0.25, -0.2) is 4.98 Å². The highest BCUT2D eigenvalue weighted by Crippen LogP contribution is 2.30. The summed E-state index contributed by atoms with van der Waals surface area (Å²) in [5.74, 6) is 0.972. The summed E-state index contributed by atoms with van der Waals surface area (Å²) >= 11 is 0. The van der Waals surface area contributed by atoms with E-state index in [1.807, 2.05) is 18.2 Å². The number of piperidine rings is 1. The minimum Gasteiger partial charge on any atom is -0.448 e. The normalized spacial score (nSPS) is 18.5. The van der Waals surface area contributed by atoms with Crippen molar-refractivity contribution in [1.29, 1.82) is 0 Å². The van der Waals surface area contributed by atoms with Crippen LogP contribution < -0.4 is 10.2 Å². The van der Waals surface area contributed by atoms with Crippen molar-refractivity contribution in [2.45, 2.75) is 25.2 Å². The Bertz CT molecular complexity index is 689. The maximum Gasteiger partial charge on any atom is 0.280 e. The molecule has 1 saturated heterocycles.